The first kappa shape index (κ1) is 14.7. The van der Waals surface area contributed by atoms with E-state index in [0.29, 0.717) is 0 Å². The van der Waals surface area contributed by atoms with Gasteiger partial charge in [-0.2, -0.15) is 0 Å². The zero-order valence-corrected chi connectivity index (χ0v) is 14.0. The van der Waals surface area contributed by atoms with Gasteiger partial charge in [0.25, 0.3) is 0 Å². The number of benzene rings is 2. The fraction of sp³-hybridized carbons (Fsp3) is 0.150. The predicted octanol–water partition coefficient (Wildman–Crippen LogP) is 6.25. The molecule has 0 N–H and O–H groups in total. The van der Waals surface area contributed by atoms with Crippen LogP contribution < -0.4 is 0 Å². The Morgan fingerprint density at radius 1 is 1.05 bits per heavy atom. The van der Waals surface area contributed by atoms with Crippen molar-refractivity contribution >= 4 is 33.7 Å². The molecule has 0 saturated heterocycles. The fourth-order valence-corrected chi connectivity index (χ4v) is 3.77. The summed E-state index contributed by atoms with van der Waals surface area (Å²) >= 11 is 1.87. The molecule has 0 radical (unpaired) electrons. The highest BCUT2D eigenvalue weighted by molar-refractivity contribution is 7.19. The van der Waals surface area contributed by atoms with Gasteiger partial charge in [-0.3, -0.25) is 4.99 Å². The average Bonchev–Trinajstić information content (AvgIpc) is 2.82. The molecule has 1 heterocycles. The highest BCUT2D eigenvalue weighted by Gasteiger charge is 2.07. The van der Waals surface area contributed by atoms with E-state index in [0.717, 1.165) is 5.57 Å². The van der Waals surface area contributed by atoms with E-state index in [4.69, 9.17) is 0 Å². The smallest absolute Gasteiger partial charge is 0.0354 e. The predicted molar refractivity (Wildman–Crippen MR) is 99.9 cm³/mol. The number of aryl methyl sites for hydroxylation is 2. The number of nitrogens with zero attached hydrogens (tertiary/aromatic N) is 1. The van der Waals surface area contributed by atoms with E-state index in [1.807, 2.05) is 18.3 Å². The third kappa shape index (κ3) is 2.62. The van der Waals surface area contributed by atoms with Gasteiger partial charge in [-0.05, 0) is 66.8 Å². The maximum Gasteiger partial charge on any atom is 0.0354 e. The van der Waals surface area contributed by atoms with E-state index in [2.05, 4.69) is 68.0 Å². The summed E-state index contributed by atoms with van der Waals surface area (Å²) in [6.45, 7) is 9.94. The zero-order chi connectivity index (χ0) is 15.7. The minimum absolute atomic E-state index is 1.13. The van der Waals surface area contributed by atoms with Crippen LogP contribution in [0.1, 0.15) is 22.9 Å². The number of hydrogen-bond acceptors (Lipinski definition) is 2. The SMILES string of the molecule is C=N/C=C(\C)c1ccc(-c2ccc3c(C)c(C)sc3c2)cc1. The van der Waals surface area contributed by atoms with Crippen molar-refractivity contribution in [1.82, 2.24) is 0 Å². The van der Waals surface area contributed by atoms with Gasteiger partial charge in [0.2, 0.25) is 0 Å². The van der Waals surface area contributed by atoms with Crippen LogP contribution >= 0.6 is 11.3 Å². The van der Waals surface area contributed by atoms with Gasteiger partial charge in [-0.1, -0.05) is 36.4 Å². The molecule has 3 rings (SSSR count). The van der Waals surface area contributed by atoms with E-state index < -0.39 is 0 Å². The lowest BCUT2D eigenvalue weighted by molar-refractivity contribution is 1.47. The molecule has 0 amide bonds. The molecule has 0 unspecified atom stereocenters. The van der Waals surface area contributed by atoms with Crippen LogP contribution in [0.2, 0.25) is 0 Å². The highest BCUT2D eigenvalue weighted by atomic mass is 32.1. The van der Waals surface area contributed by atoms with Crippen LogP contribution in [-0.4, -0.2) is 6.72 Å². The van der Waals surface area contributed by atoms with E-state index in [1.165, 1.54) is 37.2 Å². The molecule has 1 aromatic heterocycles. The monoisotopic (exact) mass is 305 g/mol. The number of hydrogen-bond donors (Lipinski definition) is 0. The van der Waals surface area contributed by atoms with Crippen LogP contribution in [0.3, 0.4) is 0 Å². The third-order valence-corrected chi connectivity index (χ3v) is 5.31. The zero-order valence-electron chi connectivity index (χ0n) is 13.2. The van der Waals surface area contributed by atoms with Crippen LogP contribution in [0.5, 0.6) is 0 Å². The molecule has 2 aromatic carbocycles. The van der Waals surface area contributed by atoms with Gasteiger partial charge in [0.15, 0.2) is 0 Å². The highest BCUT2D eigenvalue weighted by Crippen LogP contribution is 2.33. The fourth-order valence-electron chi connectivity index (χ4n) is 2.66. The molecule has 0 aliphatic rings. The van der Waals surface area contributed by atoms with E-state index >= 15 is 0 Å². The maximum atomic E-state index is 3.83. The molecule has 0 aliphatic carbocycles. The lowest BCUT2D eigenvalue weighted by Gasteiger charge is -2.05. The molecule has 110 valence electrons. The molecular weight excluding hydrogens is 286 g/mol. The Morgan fingerprint density at radius 3 is 2.41 bits per heavy atom. The Bertz CT molecular complexity index is 867. The van der Waals surface area contributed by atoms with Gasteiger partial charge in [0, 0.05) is 15.8 Å². The van der Waals surface area contributed by atoms with Gasteiger partial charge >= 0.3 is 0 Å². The second-order valence-corrected chi connectivity index (χ2v) is 6.82. The van der Waals surface area contributed by atoms with Crippen LogP contribution in [0.25, 0.3) is 26.8 Å². The van der Waals surface area contributed by atoms with Crippen LogP contribution in [0.4, 0.5) is 0 Å². The van der Waals surface area contributed by atoms with Crippen molar-refractivity contribution in [3.05, 3.63) is 64.7 Å². The molecule has 3 aromatic rings. The first-order valence-corrected chi connectivity index (χ1v) is 8.15. The van der Waals surface area contributed by atoms with Crippen molar-refractivity contribution in [1.29, 1.82) is 0 Å². The van der Waals surface area contributed by atoms with Gasteiger partial charge < -0.3 is 0 Å². The summed E-state index contributed by atoms with van der Waals surface area (Å²) in [5.74, 6) is 0. The Morgan fingerprint density at radius 2 is 1.73 bits per heavy atom. The van der Waals surface area contributed by atoms with Crippen molar-refractivity contribution in [3.63, 3.8) is 0 Å². The molecule has 22 heavy (non-hydrogen) atoms. The van der Waals surface area contributed by atoms with Gasteiger partial charge in [0.1, 0.15) is 0 Å². The van der Waals surface area contributed by atoms with E-state index in [-0.39, 0.29) is 0 Å². The summed E-state index contributed by atoms with van der Waals surface area (Å²) in [5, 5.41) is 1.37. The largest absolute Gasteiger partial charge is 0.272 e. The second-order valence-electron chi connectivity index (χ2n) is 5.57. The van der Waals surface area contributed by atoms with Crippen LogP contribution in [-0.2, 0) is 0 Å². The lowest BCUT2D eigenvalue weighted by Crippen LogP contribution is -1.82. The summed E-state index contributed by atoms with van der Waals surface area (Å²) in [5.41, 5.74) is 6.22. The summed E-state index contributed by atoms with van der Waals surface area (Å²) < 4.78 is 1.36. The van der Waals surface area contributed by atoms with Gasteiger partial charge in [-0.25, -0.2) is 0 Å². The Hall–Kier alpha value is -2.19. The quantitative estimate of drug-likeness (QED) is 0.507. The van der Waals surface area contributed by atoms with Crippen molar-refractivity contribution in [3.8, 4) is 11.1 Å². The number of fused-ring (bicyclic) bond motifs is 1. The topological polar surface area (TPSA) is 12.4 Å². The number of thiophene rings is 1. The minimum atomic E-state index is 1.13. The third-order valence-electron chi connectivity index (χ3n) is 4.14. The van der Waals surface area contributed by atoms with Crippen LogP contribution in [0, 0.1) is 13.8 Å². The lowest BCUT2D eigenvalue weighted by atomic mass is 10.0. The standard InChI is InChI=1S/C20H19NS/c1-13(12-21-4)16-5-7-17(8-6-16)18-9-10-19-14(2)15(3)22-20(19)11-18/h5-12H,4H2,1-3H3/b13-12+. The molecule has 0 saturated carbocycles. The molecule has 0 bridgehead atoms. The summed E-state index contributed by atoms with van der Waals surface area (Å²) in [6.07, 6.45) is 1.79. The number of aliphatic imine (C=N–C) groups is 1. The molecule has 0 fully saturated rings. The van der Waals surface area contributed by atoms with Crippen molar-refractivity contribution < 1.29 is 0 Å². The van der Waals surface area contributed by atoms with Crippen molar-refractivity contribution in [2.45, 2.75) is 20.8 Å². The minimum Gasteiger partial charge on any atom is -0.272 e. The average molecular weight is 305 g/mol. The molecule has 2 heteroatoms. The first-order valence-electron chi connectivity index (χ1n) is 7.33. The Labute approximate surface area is 135 Å². The molecule has 0 spiro atoms. The van der Waals surface area contributed by atoms with Crippen molar-refractivity contribution in [2.75, 3.05) is 0 Å². The summed E-state index contributed by atoms with van der Waals surface area (Å²) in [7, 11) is 0. The summed E-state index contributed by atoms with van der Waals surface area (Å²) in [4.78, 5) is 5.23. The number of allylic oxidation sites excluding steroid dienone is 1. The van der Waals surface area contributed by atoms with E-state index in [1.54, 1.807) is 6.20 Å². The van der Waals surface area contributed by atoms with Crippen LogP contribution in [0.15, 0.2) is 53.7 Å². The van der Waals surface area contributed by atoms with Gasteiger partial charge in [0.05, 0.1) is 0 Å². The van der Waals surface area contributed by atoms with Crippen molar-refractivity contribution in [2.24, 2.45) is 4.99 Å². The Kier molecular flexibility index (Phi) is 3.95. The summed E-state index contributed by atoms with van der Waals surface area (Å²) in [6, 6.07) is 15.4. The maximum absolute atomic E-state index is 3.83. The molecule has 1 nitrogen and oxygen atoms in total. The van der Waals surface area contributed by atoms with E-state index in [9.17, 15) is 0 Å². The molecule has 0 atom stereocenters. The van der Waals surface area contributed by atoms with Gasteiger partial charge in [-0.15, -0.1) is 11.3 Å². The first-order chi connectivity index (χ1) is 10.6. The number of rotatable bonds is 3. The Balaban J connectivity index is 2.00. The normalized spacial score (nSPS) is 11.9. The molecular formula is C20H19NS. The second kappa shape index (κ2) is 5.90. The molecule has 0 aliphatic heterocycles.